The molecule has 2 nitrogen and oxygen atoms in total. The van der Waals surface area contributed by atoms with Crippen LogP contribution in [0.1, 0.15) is 90.5 Å². The third-order valence-corrected chi connectivity index (χ3v) is 13.2. The molecule has 10 rings (SSSR count). The second kappa shape index (κ2) is 18.4. The van der Waals surface area contributed by atoms with E-state index in [-0.39, 0.29) is 0 Å². The summed E-state index contributed by atoms with van der Waals surface area (Å²) in [5.41, 5.74) is 23.3. The van der Waals surface area contributed by atoms with Crippen molar-refractivity contribution in [1.82, 2.24) is 0 Å². The summed E-state index contributed by atoms with van der Waals surface area (Å²) in [5, 5.41) is 2.25. The van der Waals surface area contributed by atoms with Gasteiger partial charge in [0.2, 0.25) is 0 Å². The van der Waals surface area contributed by atoms with Gasteiger partial charge in [0.1, 0.15) is 11.2 Å². The number of fused-ring (bicyclic) bond motifs is 5. The van der Waals surface area contributed by atoms with Gasteiger partial charge in [0, 0.05) is 33.8 Å². The lowest BCUT2D eigenvalue weighted by atomic mass is 9.84. The minimum absolute atomic E-state index is 0.536. The van der Waals surface area contributed by atoms with E-state index in [1.165, 1.54) is 78.7 Å². The zero-order valence-corrected chi connectivity index (χ0v) is 38.3. The van der Waals surface area contributed by atoms with Crippen LogP contribution in [-0.2, 0) is 12.8 Å². The molecule has 0 N–H and O–H groups in total. The summed E-state index contributed by atoms with van der Waals surface area (Å²) < 4.78 is 6.89. The van der Waals surface area contributed by atoms with E-state index >= 15 is 0 Å². The number of hydrogen-bond donors (Lipinski definition) is 0. The first-order chi connectivity index (χ1) is 31.2. The summed E-state index contributed by atoms with van der Waals surface area (Å²) in [5.74, 6) is 0.536. The molecular formula is C62H59NO. The van der Waals surface area contributed by atoms with Crippen molar-refractivity contribution >= 4 is 45.0 Å². The number of rotatable bonds is 8. The van der Waals surface area contributed by atoms with Crippen LogP contribution in [0.2, 0.25) is 0 Å². The second-order valence-corrected chi connectivity index (χ2v) is 17.7. The monoisotopic (exact) mass is 833 g/mol. The molecule has 1 atom stereocenters. The zero-order chi connectivity index (χ0) is 44.3. The van der Waals surface area contributed by atoms with Crippen LogP contribution in [0.15, 0.2) is 175 Å². The Hall–Kier alpha value is -6.90. The Morgan fingerprint density at radius 2 is 1.38 bits per heavy atom. The minimum atomic E-state index is 0.536. The molecule has 0 bridgehead atoms. The number of benzene rings is 7. The highest BCUT2D eigenvalue weighted by Gasteiger charge is 2.23. The van der Waals surface area contributed by atoms with Gasteiger partial charge in [-0.3, -0.25) is 0 Å². The molecule has 1 aliphatic carbocycles. The topological polar surface area (TPSA) is 16.4 Å². The smallest absolute Gasteiger partial charge is 0.143 e. The van der Waals surface area contributed by atoms with Crippen molar-refractivity contribution < 1.29 is 4.42 Å². The lowest BCUT2D eigenvalue weighted by Gasteiger charge is -2.25. The number of allylic oxidation sites excluding steroid dienone is 5. The molecule has 0 saturated heterocycles. The van der Waals surface area contributed by atoms with Crippen molar-refractivity contribution in [1.29, 1.82) is 0 Å². The molecule has 2 aliphatic rings. The van der Waals surface area contributed by atoms with Crippen molar-refractivity contribution in [3.63, 3.8) is 0 Å². The first-order valence-corrected chi connectivity index (χ1v) is 23.2. The van der Waals surface area contributed by atoms with Gasteiger partial charge in [-0.1, -0.05) is 167 Å². The Morgan fingerprint density at radius 3 is 2.17 bits per heavy atom. The second-order valence-electron chi connectivity index (χ2n) is 17.7. The van der Waals surface area contributed by atoms with E-state index in [9.17, 15) is 0 Å². The summed E-state index contributed by atoms with van der Waals surface area (Å²) >= 11 is 0. The number of aryl methyl sites for hydroxylation is 4. The van der Waals surface area contributed by atoms with Crippen molar-refractivity contribution in [3.8, 4) is 33.4 Å². The van der Waals surface area contributed by atoms with Crippen molar-refractivity contribution in [2.24, 2.45) is 0 Å². The molecule has 1 aromatic heterocycles. The Morgan fingerprint density at radius 1 is 0.641 bits per heavy atom. The predicted molar refractivity (Wildman–Crippen MR) is 277 cm³/mol. The van der Waals surface area contributed by atoms with Crippen molar-refractivity contribution in [3.05, 3.63) is 215 Å². The number of para-hydroxylation sites is 1. The fraction of sp³-hybridized carbons (Fsp3) is 0.194. The Kier molecular flexibility index (Phi) is 12.2. The standard InChI is InChI=1S/C46H41NO.C16H18/c1-6-12-33-19-18-29(2)25-40(33)45-32(5)39(35-20-22-37-30(3)14-11-15-34(37)26-35)28-42-41-27-36(21-23-44(41)48-46(42)45)47-24-10-9-13-31(4)38-16-7-8-17-43(38)47;1-3-8-14-10-5-7-12-16(14)15-11-6-4-9-13(15)2/h7-11,13,15-28,30H,4,6,12,14H2,1-3,5H3;4-7,9-12H,3,8H2,1-2H3/b13-9-,24-10-;. The molecule has 8 aromatic rings. The average molecular weight is 834 g/mol. The van der Waals surface area contributed by atoms with Crippen LogP contribution in [0.4, 0.5) is 11.4 Å². The maximum Gasteiger partial charge on any atom is 0.143 e. The third-order valence-electron chi connectivity index (χ3n) is 13.2. The van der Waals surface area contributed by atoms with E-state index in [1.807, 2.05) is 0 Å². The van der Waals surface area contributed by atoms with Crippen LogP contribution >= 0.6 is 0 Å². The van der Waals surface area contributed by atoms with E-state index < -0.39 is 0 Å². The van der Waals surface area contributed by atoms with E-state index in [0.717, 1.165) is 70.1 Å². The Balaban J connectivity index is 0.000000273. The lowest BCUT2D eigenvalue weighted by Crippen LogP contribution is -2.11. The quantitative estimate of drug-likeness (QED) is 0.152. The molecule has 2 heterocycles. The van der Waals surface area contributed by atoms with Crippen LogP contribution in [0, 0.1) is 20.8 Å². The minimum Gasteiger partial charge on any atom is -0.455 e. The van der Waals surface area contributed by atoms with Gasteiger partial charge < -0.3 is 9.32 Å². The van der Waals surface area contributed by atoms with Gasteiger partial charge in [0.15, 0.2) is 0 Å². The van der Waals surface area contributed by atoms with E-state index in [1.54, 1.807) is 0 Å². The van der Waals surface area contributed by atoms with E-state index in [4.69, 9.17) is 4.42 Å². The highest BCUT2D eigenvalue weighted by Crippen LogP contribution is 2.46. The summed E-state index contributed by atoms with van der Waals surface area (Å²) in [6.07, 6.45) is 18.5. The molecule has 1 aliphatic heterocycles. The van der Waals surface area contributed by atoms with Crippen molar-refractivity contribution in [2.45, 2.75) is 79.6 Å². The summed E-state index contributed by atoms with van der Waals surface area (Å²) in [6, 6.07) is 48.7. The molecule has 0 fully saturated rings. The molecule has 0 saturated carbocycles. The third kappa shape index (κ3) is 8.22. The van der Waals surface area contributed by atoms with Crippen LogP contribution in [0.25, 0.3) is 67.0 Å². The highest BCUT2D eigenvalue weighted by atomic mass is 16.3. The van der Waals surface area contributed by atoms with Gasteiger partial charge >= 0.3 is 0 Å². The van der Waals surface area contributed by atoms with Gasteiger partial charge in [0.05, 0.1) is 5.69 Å². The fourth-order valence-electron chi connectivity index (χ4n) is 9.84. The first-order valence-electron chi connectivity index (χ1n) is 23.2. The Labute approximate surface area is 380 Å². The van der Waals surface area contributed by atoms with Gasteiger partial charge in [-0.2, -0.15) is 0 Å². The van der Waals surface area contributed by atoms with Gasteiger partial charge in [-0.05, 0) is 155 Å². The zero-order valence-electron chi connectivity index (χ0n) is 38.3. The van der Waals surface area contributed by atoms with Crippen LogP contribution in [0.3, 0.4) is 0 Å². The van der Waals surface area contributed by atoms with Gasteiger partial charge in [-0.25, -0.2) is 0 Å². The SMILES string of the molecule is C=C1/C=C\C=C/N(c2ccc3oc4c(-c5cc(C)ccc5CCC)c(C)c(-c5ccc6c(c5)C=CCC6C)cc4c3c2)c2ccccc21.CCCc1ccccc1-c1ccccc1C. The maximum absolute atomic E-state index is 6.89. The Bertz CT molecular complexity index is 3130. The molecule has 64 heavy (non-hydrogen) atoms. The van der Waals surface area contributed by atoms with Gasteiger partial charge in [0.25, 0.3) is 0 Å². The number of anilines is 2. The molecular weight excluding hydrogens is 775 g/mol. The number of hydrogen-bond acceptors (Lipinski definition) is 2. The average Bonchev–Trinajstić information content (AvgIpc) is 3.67. The van der Waals surface area contributed by atoms with E-state index in [0.29, 0.717) is 5.92 Å². The lowest BCUT2D eigenvalue weighted by molar-refractivity contribution is 0.669. The fourth-order valence-corrected chi connectivity index (χ4v) is 9.84. The first kappa shape index (κ1) is 42.4. The van der Waals surface area contributed by atoms with Gasteiger partial charge in [-0.15, -0.1) is 0 Å². The summed E-state index contributed by atoms with van der Waals surface area (Å²) in [7, 11) is 0. The molecule has 0 radical (unpaired) electrons. The molecule has 0 spiro atoms. The molecule has 1 unspecified atom stereocenters. The molecule has 0 amide bonds. The molecule has 7 aromatic carbocycles. The molecule has 2 heteroatoms. The maximum atomic E-state index is 6.89. The van der Waals surface area contributed by atoms with Crippen LogP contribution in [-0.4, -0.2) is 0 Å². The summed E-state index contributed by atoms with van der Waals surface area (Å²) in [4.78, 5) is 2.26. The highest BCUT2D eigenvalue weighted by molar-refractivity contribution is 6.13. The number of furan rings is 1. The largest absolute Gasteiger partial charge is 0.455 e. The predicted octanol–water partition coefficient (Wildman–Crippen LogP) is 17.9. The van der Waals surface area contributed by atoms with Crippen LogP contribution < -0.4 is 4.90 Å². The summed E-state index contributed by atoms with van der Waals surface area (Å²) in [6.45, 7) is 17.8. The number of nitrogens with zero attached hydrogens (tertiary/aromatic N) is 1. The normalized spacial score (nSPS) is 15.2. The van der Waals surface area contributed by atoms with E-state index in [2.05, 4.69) is 223 Å². The molecule has 318 valence electrons. The van der Waals surface area contributed by atoms with Crippen molar-refractivity contribution in [2.75, 3.05) is 4.90 Å². The van der Waals surface area contributed by atoms with Crippen LogP contribution in [0.5, 0.6) is 0 Å².